The summed E-state index contributed by atoms with van der Waals surface area (Å²) in [7, 11) is 1.29. The number of hydrogen-bond acceptors (Lipinski definition) is 9. The molecular formula is C32H32N4O7S. The first-order valence-corrected chi connectivity index (χ1v) is 14.8. The highest BCUT2D eigenvalue weighted by molar-refractivity contribution is 7.07. The fourth-order valence-corrected chi connectivity index (χ4v) is 6.40. The summed E-state index contributed by atoms with van der Waals surface area (Å²) in [6.45, 7) is 10.3. The van der Waals surface area contributed by atoms with Crippen LogP contribution in [0.5, 0.6) is 11.5 Å². The molecule has 2 aromatic heterocycles. The minimum Gasteiger partial charge on any atom is -0.490 e. The monoisotopic (exact) mass is 616 g/mol. The molecule has 1 aliphatic rings. The molecule has 0 saturated heterocycles. The van der Waals surface area contributed by atoms with E-state index in [4.69, 9.17) is 14.2 Å². The van der Waals surface area contributed by atoms with Crippen molar-refractivity contribution in [3.63, 3.8) is 0 Å². The number of nitrogens with zero attached hydrogens (tertiary/aromatic N) is 4. The first-order chi connectivity index (χ1) is 21.1. The molecule has 0 fully saturated rings. The Hall–Kier alpha value is -4.97. The van der Waals surface area contributed by atoms with Gasteiger partial charge >= 0.3 is 5.97 Å². The van der Waals surface area contributed by atoms with Gasteiger partial charge in [0.1, 0.15) is 0 Å². The zero-order valence-corrected chi connectivity index (χ0v) is 26.1. The number of ether oxygens (including phenoxy) is 3. The summed E-state index contributed by atoms with van der Waals surface area (Å²) in [6, 6.07) is 11.3. The molecule has 0 aliphatic carbocycles. The van der Waals surface area contributed by atoms with E-state index in [1.165, 1.54) is 35.3 Å². The summed E-state index contributed by atoms with van der Waals surface area (Å²) in [5.74, 6) is 0.471. The minimum atomic E-state index is -0.800. The normalized spacial score (nSPS) is 14.5. The van der Waals surface area contributed by atoms with Crippen molar-refractivity contribution in [1.29, 1.82) is 0 Å². The van der Waals surface area contributed by atoms with Gasteiger partial charge in [0.2, 0.25) is 0 Å². The van der Waals surface area contributed by atoms with Crippen molar-refractivity contribution in [2.24, 2.45) is 4.99 Å². The molecule has 2 aromatic carbocycles. The molecule has 3 heterocycles. The molecule has 0 spiro atoms. The summed E-state index contributed by atoms with van der Waals surface area (Å²) >= 11 is 1.22. The lowest BCUT2D eigenvalue weighted by Gasteiger charge is -2.23. The Morgan fingerprint density at radius 1 is 1.07 bits per heavy atom. The van der Waals surface area contributed by atoms with Crippen molar-refractivity contribution in [3.8, 4) is 17.2 Å². The van der Waals surface area contributed by atoms with Gasteiger partial charge < -0.3 is 18.8 Å². The van der Waals surface area contributed by atoms with Crippen molar-refractivity contribution in [2.45, 2.75) is 40.7 Å². The second-order valence-corrected chi connectivity index (χ2v) is 11.1. The molecule has 0 bridgehead atoms. The third kappa shape index (κ3) is 5.44. The number of aryl methyl sites for hydroxylation is 2. The number of aromatic nitrogens is 2. The van der Waals surface area contributed by atoms with Crippen LogP contribution in [0.3, 0.4) is 0 Å². The van der Waals surface area contributed by atoms with Crippen LogP contribution < -0.4 is 24.4 Å². The molecule has 0 radical (unpaired) electrons. The average Bonchev–Trinajstić information content (AvgIpc) is 3.47. The number of benzene rings is 2. The van der Waals surface area contributed by atoms with Crippen LogP contribution in [-0.4, -0.2) is 40.4 Å². The maximum Gasteiger partial charge on any atom is 0.337 e. The largest absolute Gasteiger partial charge is 0.490 e. The number of methoxy groups -OCH3 is 1. The predicted molar refractivity (Wildman–Crippen MR) is 167 cm³/mol. The SMILES string of the molecule is CCOc1ccc([C@@H]2C(C(=O)OC)=CN=c3s/c(=C\c4cc(C)n(-c5ccc([N+](=O)[O-])cc5C)c4C)c(=O)n32)cc1OCC. The molecule has 44 heavy (non-hydrogen) atoms. The maximum atomic E-state index is 14.0. The lowest BCUT2D eigenvalue weighted by atomic mass is 9.97. The Morgan fingerprint density at radius 2 is 1.80 bits per heavy atom. The van der Waals surface area contributed by atoms with E-state index in [-0.39, 0.29) is 16.8 Å². The van der Waals surface area contributed by atoms with Crippen LogP contribution in [-0.2, 0) is 9.53 Å². The summed E-state index contributed by atoms with van der Waals surface area (Å²) in [5.41, 5.74) is 4.72. The van der Waals surface area contributed by atoms with E-state index in [1.54, 1.807) is 30.3 Å². The third-order valence-corrected chi connectivity index (χ3v) is 8.39. The Balaban J connectivity index is 1.65. The smallest absolute Gasteiger partial charge is 0.337 e. The Labute approximate surface area is 257 Å². The number of hydrogen-bond donors (Lipinski definition) is 0. The van der Waals surface area contributed by atoms with Crippen molar-refractivity contribution >= 4 is 29.1 Å². The number of rotatable bonds is 9. The molecule has 1 atom stereocenters. The van der Waals surface area contributed by atoms with Crippen LogP contribution in [0, 0.1) is 30.9 Å². The number of thiazole rings is 1. The zero-order chi connectivity index (χ0) is 31.7. The molecular weight excluding hydrogens is 584 g/mol. The standard InChI is InChI=1S/C32H32N4O7S/c1-7-42-26-12-9-21(15-27(26)43-8-2)29-24(31(38)41-6)17-33-32-35(29)30(37)28(44-32)16-22-14-19(4)34(20(22)5)25-11-10-23(36(39)40)13-18(25)3/h9-17,29H,7-8H2,1-6H3/b28-16-/t29-/m1/s1. The van der Waals surface area contributed by atoms with E-state index in [0.717, 1.165) is 28.2 Å². The molecule has 0 amide bonds. The van der Waals surface area contributed by atoms with Gasteiger partial charge in [-0.05, 0) is 81.7 Å². The number of esters is 1. The molecule has 0 unspecified atom stereocenters. The van der Waals surface area contributed by atoms with Crippen LogP contribution in [0.15, 0.2) is 64.0 Å². The number of nitro benzene ring substituents is 1. The molecule has 12 heteroatoms. The van der Waals surface area contributed by atoms with E-state index < -0.39 is 16.9 Å². The van der Waals surface area contributed by atoms with Crippen molar-refractivity contribution in [1.82, 2.24) is 9.13 Å². The first kappa shape index (κ1) is 30.5. The van der Waals surface area contributed by atoms with Gasteiger partial charge in [0.05, 0.1) is 41.4 Å². The molecule has 5 rings (SSSR count). The van der Waals surface area contributed by atoms with Crippen molar-refractivity contribution in [2.75, 3.05) is 20.3 Å². The number of carbonyl (C=O) groups is 1. The van der Waals surface area contributed by atoms with E-state index in [1.807, 2.05) is 51.3 Å². The second-order valence-electron chi connectivity index (χ2n) is 10.1. The van der Waals surface area contributed by atoms with Gasteiger partial charge in [0, 0.05) is 35.4 Å². The Kier molecular flexibility index (Phi) is 8.54. The van der Waals surface area contributed by atoms with Gasteiger partial charge in [0.25, 0.3) is 11.2 Å². The quantitative estimate of drug-likeness (QED) is 0.155. The number of carbonyl (C=O) groups excluding carboxylic acids is 1. The fourth-order valence-electron chi connectivity index (χ4n) is 5.44. The van der Waals surface area contributed by atoms with Gasteiger partial charge in [-0.2, -0.15) is 0 Å². The summed E-state index contributed by atoms with van der Waals surface area (Å²) in [4.78, 5) is 42.7. The Morgan fingerprint density at radius 3 is 2.45 bits per heavy atom. The topological polar surface area (TPSA) is 127 Å². The molecule has 228 valence electrons. The second kappa shape index (κ2) is 12.3. The van der Waals surface area contributed by atoms with Crippen molar-refractivity contribution in [3.05, 3.63) is 112 Å². The lowest BCUT2D eigenvalue weighted by molar-refractivity contribution is -0.384. The fraction of sp³-hybridized carbons (Fsp3) is 0.281. The summed E-state index contributed by atoms with van der Waals surface area (Å²) in [6.07, 6.45) is 3.26. The lowest BCUT2D eigenvalue weighted by Crippen LogP contribution is -2.39. The molecule has 11 nitrogen and oxygen atoms in total. The molecule has 4 aromatic rings. The Bertz CT molecular complexity index is 2000. The van der Waals surface area contributed by atoms with Crippen molar-refractivity contribution < 1.29 is 23.9 Å². The molecule has 0 saturated carbocycles. The predicted octanol–water partition coefficient (Wildman–Crippen LogP) is 4.44. The molecule has 0 N–H and O–H groups in total. The van der Waals surface area contributed by atoms with Crippen LogP contribution in [0.1, 0.15) is 48.0 Å². The minimum absolute atomic E-state index is 0.0248. The third-order valence-electron chi connectivity index (χ3n) is 7.40. The van der Waals surface area contributed by atoms with E-state index in [9.17, 15) is 19.7 Å². The molecule has 1 aliphatic heterocycles. The number of non-ortho nitro benzene ring substituents is 1. The van der Waals surface area contributed by atoms with Gasteiger partial charge in [-0.3, -0.25) is 19.5 Å². The van der Waals surface area contributed by atoms with Crippen LogP contribution >= 0.6 is 11.3 Å². The summed E-state index contributed by atoms with van der Waals surface area (Å²) < 4.78 is 20.6. The highest BCUT2D eigenvalue weighted by Crippen LogP contribution is 2.35. The zero-order valence-electron chi connectivity index (χ0n) is 25.2. The number of fused-ring (bicyclic) bond motifs is 1. The van der Waals surface area contributed by atoms with Gasteiger partial charge in [-0.25, -0.2) is 9.79 Å². The van der Waals surface area contributed by atoms with E-state index >= 15 is 0 Å². The first-order valence-electron chi connectivity index (χ1n) is 14.0. The highest BCUT2D eigenvalue weighted by atomic mass is 32.1. The number of nitro groups is 1. The van der Waals surface area contributed by atoms with Gasteiger partial charge in [-0.1, -0.05) is 17.4 Å². The van der Waals surface area contributed by atoms with Crippen LogP contribution in [0.25, 0.3) is 11.8 Å². The van der Waals surface area contributed by atoms with Gasteiger partial charge in [-0.15, -0.1) is 0 Å². The van der Waals surface area contributed by atoms with Crippen LogP contribution in [0.2, 0.25) is 0 Å². The van der Waals surface area contributed by atoms with E-state index in [2.05, 4.69) is 4.99 Å². The van der Waals surface area contributed by atoms with Gasteiger partial charge in [0.15, 0.2) is 16.3 Å². The average molecular weight is 617 g/mol. The van der Waals surface area contributed by atoms with E-state index in [0.29, 0.717) is 39.6 Å². The van der Waals surface area contributed by atoms with Crippen LogP contribution in [0.4, 0.5) is 5.69 Å². The highest BCUT2D eigenvalue weighted by Gasteiger charge is 2.31. The maximum absolute atomic E-state index is 14.0. The summed E-state index contributed by atoms with van der Waals surface area (Å²) in [5, 5.41) is 11.2.